The molecule has 4 heteroatoms. The molecular formula is C12H13Cl2NS. The van der Waals surface area contributed by atoms with Crippen molar-refractivity contribution >= 4 is 35.3 Å². The number of hydrogen-bond donors (Lipinski definition) is 1. The van der Waals surface area contributed by atoms with E-state index in [1.807, 2.05) is 29.6 Å². The average molecular weight is 274 g/mol. The Morgan fingerprint density at radius 3 is 2.69 bits per heavy atom. The van der Waals surface area contributed by atoms with Crippen molar-refractivity contribution in [2.75, 3.05) is 0 Å². The first-order valence-corrected chi connectivity index (χ1v) is 6.05. The molecule has 0 fully saturated rings. The van der Waals surface area contributed by atoms with Gasteiger partial charge in [-0.25, -0.2) is 0 Å². The molecule has 86 valence electrons. The molecule has 0 spiro atoms. The highest BCUT2D eigenvalue weighted by atomic mass is 35.5. The number of benzene rings is 1. The van der Waals surface area contributed by atoms with Crippen LogP contribution in [-0.2, 0) is 6.42 Å². The molecule has 0 aliphatic rings. The molecule has 0 saturated heterocycles. The lowest BCUT2D eigenvalue weighted by Gasteiger charge is -2.09. The lowest BCUT2D eigenvalue weighted by atomic mass is 10.1. The van der Waals surface area contributed by atoms with Gasteiger partial charge >= 0.3 is 0 Å². The summed E-state index contributed by atoms with van der Waals surface area (Å²) in [7, 11) is 0. The summed E-state index contributed by atoms with van der Waals surface area (Å²) in [4.78, 5) is 1.22. The maximum atomic E-state index is 6.09. The third-order valence-electron chi connectivity index (χ3n) is 2.25. The van der Waals surface area contributed by atoms with E-state index in [2.05, 4.69) is 12.1 Å². The molecule has 0 bridgehead atoms. The Balaban J connectivity index is 0.00000128. The Labute approximate surface area is 111 Å². The fraction of sp³-hybridized carbons (Fsp3) is 0.167. The fourth-order valence-corrected chi connectivity index (χ4v) is 2.46. The summed E-state index contributed by atoms with van der Waals surface area (Å²) in [6.07, 6.45) is 0.834. The molecular weight excluding hydrogens is 261 g/mol. The smallest absolute Gasteiger partial charge is 0.0430 e. The minimum atomic E-state index is 0. The van der Waals surface area contributed by atoms with Gasteiger partial charge in [-0.15, -0.1) is 23.7 Å². The van der Waals surface area contributed by atoms with Gasteiger partial charge in [0.2, 0.25) is 0 Å². The van der Waals surface area contributed by atoms with Crippen LogP contribution < -0.4 is 5.73 Å². The van der Waals surface area contributed by atoms with E-state index in [4.69, 9.17) is 17.3 Å². The van der Waals surface area contributed by atoms with Crippen LogP contribution in [0, 0.1) is 0 Å². The van der Waals surface area contributed by atoms with Crippen LogP contribution in [0.15, 0.2) is 41.8 Å². The zero-order valence-electron chi connectivity index (χ0n) is 8.60. The highest BCUT2D eigenvalue weighted by Gasteiger charge is 2.07. The Morgan fingerprint density at radius 2 is 2.06 bits per heavy atom. The lowest BCUT2D eigenvalue weighted by molar-refractivity contribution is 0.736. The van der Waals surface area contributed by atoms with Gasteiger partial charge in [-0.2, -0.15) is 0 Å². The first kappa shape index (κ1) is 13.5. The van der Waals surface area contributed by atoms with Crippen molar-refractivity contribution in [3.63, 3.8) is 0 Å². The maximum Gasteiger partial charge on any atom is 0.0430 e. The van der Waals surface area contributed by atoms with Gasteiger partial charge < -0.3 is 5.73 Å². The number of halogens is 2. The molecule has 2 N–H and O–H groups in total. The van der Waals surface area contributed by atoms with Crippen LogP contribution in [0.2, 0.25) is 5.02 Å². The minimum absolute atomic E-state index is 0. The third kappa shape index (κ3) is 3.49. The highest BCUT2D eigenvalue weighted by Crippen LogP contribution is 2.21. The number of thiophene rings is 1. The van der Waals surface area contributed by atoms with Gasteiger partial charge in [-0.1, -0.05) is 29.8 Å². The van der Waals surface area contributed by atoms with Crippen molar-refractivity contribution in [2.24, 2.45) is 5.73 Å². The molecule has 1 unspecified atom stereocenters. The second-order valence-corrected chi connectivity index (χ2v) is 4.87. The predicted molar refractivity (Wildman–Crippen MR) is 73.7 cm³/mol. The van der Waals surface area contributed by atoms with Crippen molar-refractivity contribution in [1.29, 1.82) is 0 Å². The van der Waals surface area contributed by atoms with Gasteiger partial charge in [-0.05, 0) is 35.6 Å². The van der Waals surface area contributed by atoms with Crippen LogP contribution >= 0.6 is 35.3 Å². The molecule has 0 amide bonds. The molecule has 1 nitrogen and oxygen atoms in total. The summed E-state index contributed by atoms with van der Waals surface area (Å²) in [5.74, 6) is 0. The first-order valence-electron chi connectivity index (χ1n) is 4.79. The summed E-state index contributed by atoms with van der Waals surface area (Å²) < 4.78 is 0. The molecule has 1 heterocycles. The predicted octanol–water partition coefficient (Wildman–Crippen LogP) is 4.07. The van der Waals surface area contributed by atoms with E-state index in [0.717, 1.165) is 11.4 Å². The van der Waals surface area contributed by atoms with E-state index in [9.17, 15) is 0 Å². The van der Waals surface area contributed by atoms with Crippen LogP contribution in [0.4, 0.5) is 0 Å². The molecule has 0 aliphatic heterocycles. The van der Waals surface area contributed by atoms with E-state index in [0.29, 0.717) is 0 Å². The summed E-state index contributed by atoms with van der Waals surface area (Å²) in [5, 5.41) is 2.82. The monoisotopic (exact) mass is 273 g/mol. The number of hydrogen-bond acceptors (Lipinski definition) is 2. The van der Waals surface area contributed by atoms with Crippen LogP contribution in [0.3, 0.4) is 0 Å². The van der Waals surface area contributed by atoms with Crippen molar-refractivity contribution in [3.05, 3.63) is 57.2 Å². The van der Waals surface area contributed by atoms with Gasteiger partial charge in [0, 0.05) is 15.9 Å². The third-order valence-corrected chi connectivity index (χ3v) is 3.49. The van der Waals surface area contributed by atoms with Crippen molar-refractivity contribution < 1.29 is 0 Å². The van der Waals surface area contributed by atoms with Crippen LogP contribution in [0.1, 0.15) is 16.5 Å². The standard InChI is InChI=1S/C12H12ClNS.ClH/c13-10-4-1-3-9(7-10)8-11(14)12-5-2-6-15-12;/h1-7,11H,8,14H2;1H. The van der Waals surface area contributed by atoms with Gasteiger partial charge in [0.1, 0.15) is 0 Å². The van der Waals surface area contributed by atoms with Crippen LogP contribution in [-0.4, -0.2) is 0 Å². The van der Waals surface area contributed by atoms with E-state index >= 15 is 0 Å². The Hall–Kier alpha value is -0.540. The second kappa shape index (κ2) is 6.26. The Kier molecular flexibility index (Phi) is 5.29. The van der Waals surface area contributed by atoms with Gasteiger partial charge in [0.05, 0.1) is 0 Å². The molecule has 0 aliphatic carbocycles. The summed E-state index contributed by atoms with van der Waals surface area (Å²) in [5.41, 5.74) is 7.27. The van der Waals surface area contributed by atoms with Crippen molar-refractivity contribution in [1.82, 2.24) is 0 Å². The summed E-state index contributed by atoms with van der Waals surface area (Å²) in [6, 6.07) is 12.0. The topological polar surface area (TPSA) is 26.0 Å². The van der Waals surface area contributed by atoms with Gasteiger partial charge in [0.15, 0.2) is 0 Å². The quantitative estimate of drug-likeness (QED) is 0.897. The molecule has 1 aromatic carbocycles. The molecule has 16 heavy (non-hydrogen) atoms. The van der Waals surface area contributed by atoms with E-state index in [1.54, 1.807) is 11.3 Å². The average Bonchev–Trinajstić information content (AvgIpc) is 2.70. The molecule has 1 aromatic heterocycles. The molecule has 0 radical (unpaired) electrons. The van der Waals surface area contributed by atoms with Gasteiger partial charge in [-0.3, -0.25) is 0 Å². The first-order chi connectivity index (χ1) is 7.25. The van der Waals surface area contributed by atoms with Gasteiger partial charge in [0.25, 0.3) is 0 Å². The zero-order chi connectivity index (χ0) is 10.7. The van der Waals surface area contributed by atoms with E-state index in [1.165, 1.54) is 10.4 Å². The molecule has 2 rings (SSSR count). The van der Waals surface area contributed by atoms with E-state index < -0.39 is 0 Å². The van der Waals surface area contributed by atoms with E-state index in [-0.39, 0.29) is 18.4 Å². The van der Waals surface area contributed by atoms with Crippen LogP contribution in [0.5, 0.6) is 0 Å². The SMILES string of the molecule is Cl.NC(Cc1cccc(Cl)c1)c1cccs1. The zero-order valence-corrected chi connectivity index (χ0v) is 11.0. The highest BCUT2D eigenvalue weighted by molar-refractivity contribution is 7.10. The largest absolute Gasteiger partial charge is 0.323 e. The summed E-state index contributed by atoms with van der Waals surface area (Å²) in [6.45, 7) is 0. The normalized spacial score (nSPS) is 11.9. The Bertz CT molecular complexity index is 428. The lowest BCUT2D eigenvalue weighted by Crippen LogP contribution is -2.11. The molecule has 2 aromatic rings. The summed E-state index contributed by atoms with van der Waals surface area (Å²) >= 11 is 7.61. The second-order valence-electron chi connectivity index (χ2n) is 3.46. The number of nitrogens with two attached hydrogens (primary N) is 1. The number of rotatable bonds is 3. The minimum Gasteiger partial charge on any atom is -0.323 e. The maximum absolute atomic E-state index is 6.09. The van der Waals surface area contributed by atoms with Crippen molar-refractivity contribution in [3.8, 4) is 0 Å². The molecule has 0 saturated carbocycles. The Morgan fingerprint density at radius 1 is 1.25 bits per heavy atom. The molecule has 1 atom stereocenters. The fourth-order valence-electron chi connectivity index (χ4n) is 1.52. The van der Waals surface area contributed by atoms with Crippen LogP contribution in [0.25, 0.3) is 0 Å². The van der Waals surface area contributed by atoms with Crippen molar-refractivity contribution in [2.45, 2.75) is 12.5 Å².